The molecule has 2 atom stereocenters. The summed E-state index contributed by atoms with van der Waals surface area (Å²) in [6.45, 7) is 2.03. The fraction of sp³-hybridized carbons (Fsp3) is 0.455. The van der Waals surface area contributed by atoms with E-state index < -0.39 is 0 Å². The van der Waals surface area contributed by atoms with Crippen LogP contribution in [0.5, 0.6) is 0 Å². The Kier molecular flexibility index (Phi) is 4.07. The second-order valence-electron chi connectivity index (χ2n) is 3.47. The molecular weight excluding hydrogens is 176 g/mol. The van der Waals surface area contributed by atoms with Crippen molar-refractivity contribution in [1.82, 2.24) is 5.32 Å². The standard InChI is InChI=1S/C11H18N2O/c1-8-5-3-4-6-9(8)11(13-2)10(12)7-14/h3-6,10-11,13-14H,7,12H2,1-2H3. The monoisotopic (exact) mass is 194 g/mol. The second kappa shape index (κ2) is 5.10. The van der Waals surface area contributed by atoms with Crippen LogP contribution in [-0.4, -0.2) is 24.8 Å². The number of hydrogen-bond acceptors (Lipinski definition) is 3. The van der Waals surface area contributed by atoms with Crippen LogP contribution in [0.1, 0.15) is 17.2 Å². The highest BCUT2D eigenvalue weighted by molar-refractivity contribution is 5.29. The maximum Gasteiger partial charge on any atom is 0.0601 e. The summed E-state index contributed by atoms with van der Waals surface area (Å²) in [5.41, 5.74) is 8.16. The fourth-order valence-corrected chi connectivity index (χ4v) is 1.64. The highest BCUT2D eigenvalue weighted by Crippen LogP contribution is 2.18. The maximum absolute atomic E-state index is 9.02. The lowest BCUT2D eigenvalue weighted by molar-refractivity contribution is 0.240. The van der Waals surface area contributed by atoms with Gasteiger partial charge in [-0.05, 0) is 25.1 Å². The molecule has 0 heterocycles. The number of nitrogens with two attached hydrogens (primary N) is 1. The van der Waals surface area contributed by atoms with Crippen LogP contribution in [0.25, 0.3) is 0 Å². The summed E-state index contributed by atoms with van der Waals surface area (Å²) in [5, 5.41) is 12.1. The molecule has 0 spiro atoms. The predicted molar refractivity (Wildman–Crippen MR) is 58.0 cm³/mol. The molecule has 0 amide bonds. The summed E-state index contributed by atoms with van der Waals surface area (Å²) >= 11 is 0. The average molecular weight is 194 g/mol. The summed E-state index contributed by atoms with van der Waals surface area (Å²) < 4.78 is 0. The quantitative estimate of drug-likeness (QED) is 0.657. The fourth-order valence-electron chi connectivity index (χ4n) is 1.64. The topological polar surface area (TPSA) is 58.3 Å². The Bertz CT molecular complexity index is 288. The third-order valence-corrected chi connectivity index (χ3v) is 2.47. The van der Waals surface area contributed by atoms with Crippen LogP contribution in [0.3, 0.4) is 0 Å². The molecule has 0 aliphatic carbocycles. The molecule has 14 heavy (non-hydrogen) atoms. The molecule has 1 aromatic rings. The van der Waals surface area contributed by atoms with Crippen LogP contribution in [0.2, 0.25) is 0 Å². The van der Waals surface area contributed by atoms with Gasteiger partial charge < -0.3 is 16.2 Å². The minimum atomic E-state index is -0.263. The van der Waals surface area contributed by atoms with E-state index in [1.165, 1.54) is 5.56 Å². The molecule has 3 nitrogen and oxygen atoms in total. The van der Waals surface area contributed by atoms with Gasteiger partial charge in [0, 0.05) is 12.1 Å². The minimum absolute atomic E-state index is 0.0140. The van der Waals surface area contributed by atoms with Crippen molar-refractivity contribution in [3.8, 4) is 0 Å². The van der Waals surface area contributed by atoms with Crippen LogP contribution in [0, 0.1) is 6.92 Å². The largest absolute Gasteiger partial charge is 0.395 e. The van der Waals surface area contributed by atoms with Crippen molar-refractivity contribution in [2.24, 2.45) is 5.73 Å². The van der Waals surface area contributed by atoms with Crippen molar-refractivity contribution in [3.05, 3.63) is 35.4 Å². The van der Waals surface area contributed by atoms with E-state index in [0.29, 0.717) is 0 Å². The summed E-state index contributed by atoms with van der Waals surface area (Å²) in [6, 6.07) is 7.81. The van der Waals surface area contributed by atoms with Crippen molar-refractivity contribution in [2.45, 2.75) is 19.0 Å². The normalized spacial score (nSPS) is 15.1. The Morgan fingerprint density at radius 2 is 2.07 bits per heavy atom. The van der Waals surface area contributed by atoms with Gasteiger partial charge in [0.2, 0.25) is 0 Å². The van der Waals surface area contributed by atoms with Gasteiger partial charge >= 0.3 is 0 Å². The summed E-state index contributed by atoms with van der Waals surface area (Å²) in [7, 11) is 1.85. The van der Waals surface area contributed by atoms with E-state index >= 15 is 0 Å². The third kappa shape index (κ3) is 2.32. The van der Waals surface area contributed by atoms with E-state index in [-0.39, 0.29) is 18.7 Å². The summed E-state index contributed by atoms with van der Waals surface area (Å²) in [5.74, 6) is 0. The van der Waals surface area contributed by atoms with E-state index in [9.17, 15) is 0 Å². The van der Waals surface area contributed by atoms with Crippen molar-refractivity contribution in [2.75, 3.05) is 13.7 Å². The molecule has 0 saturated heterocycles. The first kappa shape index (κ1) is 11.2. The van der Waals surface area contributed by atoms with E-state index in [2.05, 4.69) is 5.32 Å². The maximum atomic E-state index is 9.02. The molecule has 2 unspecified atom stereocenters. The van der Waals surface area contributed by atoms with E-state index in [1.54, 1.807) is 0 Å². The van der Waals surface area contributed by atoms with Gasteiger partial charge in [-0.1, -0.05) is 24.3 Å². The molecule has 1 aromatic carbocycles. The van der Waals surface area contributed by atoms with Crippen LogP contribution >= 0.6 is 0 Å². The van der Waals surface area contributed by atoms with Gasteiger partial charge in [-0.2, -0.15) is 0 Å². The van der Waals surface area contributed by atoms with Crippen LogP contribution < -0.4 is 11.1 Å². The van der Waals surface area contributed by atoms with Gasteiger partial charge in [-0.25, -0.2) is 0 Å². The number of rotatable bonds is 4. The van der Waals surface area contributed by atoms with Crippen molar-refractivity contribution >= 4 is 0 Å². The minimum Gasteiger partial charge on any atom is -0.395 e. The first-order valence-corrected chi connectivity index (χ1v) is 4.80. The number of aryl methyl sites for hydroxylation is 1. The molecule has 4 N–H and O–H groups in total. The Morgan fingerprint density at radius 1 is 1.43 bits per heavy atom. The lowest BCUT2D eigenvalue weighted by Crippen LogP contribution is -2.39. The Balaban J connectivity index is 2.94. The zero-order chi connectivity index (χ0) is 10.6. The molecule has 1 rings (SSSR count). The van der Waals surface area contributed by atoms with Crippen molar-refractivity contribution < 1.29 is 5.11 Å². The smallest absolute Gasteiger partial charge is 0.0601 e. The highest BCUT2D eigenvalue weighted by atomic mass is 16.3. The van der Waals surface area contributed by atoms with E-state index in [4.69, 9.17) is 10.8 Å². The Labute approximate surface area is 84.9 Å². The lowest BCUT2D eigenvalue weighted by Gasteiger charge is -2.23. The number of benzene rings is 1. The Hall–Kier alpha value is -0.900. The average Bonchev–Trinajstić information content (AvgIpc) is 2.21. The summed E-state index contributed by atoms with van der Waals surface area (Å²) in [6.07, 6.45) is 0. The Morgan fingerprint density at radius 3 is 2.57 bits per heavy atom. The second-order valence-corrected chi connectivity index (χ2v) is 3.47. The molecule has 0 radical (unpaired) electrons. The molecule has 0 fully saturated rings. The van der Waals surface area contributed by atoms with Crippen molar-refractivity contribution in [1.29, 1.82) is 0 Å². The molecule has 0 bridgehead atoms. The van der Waals surface area contributed by atoms with Crippen LogP contribution in [-0.2, 0) is 0 Å². The van der Waals surface area contributed by atoms with Gasteiger partial charge in [-0.15, -0.1) is 0 Å². The molecule has 0 aliphatic heterocycles. The highest BCUT2D eigenvalue weighted by Gasteiger charge is 2.18. The number of hydrogen-bond donors (Lipinski definition) is 3. The zero-order valence-electron chi connectivity index (χ0n) is 8.70. The number of aliphatic hydroxyl groups is 1. The lowest BCUT2D eigenvalue weighted by atomic mass is 9.96. The molecule has 0 saturated carbocycles. The molecule has 0 aliphatic rings. The van der Waals surface area contributed by atoms with Crippen LogP contribution in [0.4, 0.5) is 0 Å². The third-order valence-electron chi connectivity index (χ3n) is 2.47. The van der Waals surface area contributed by atoms with Gasteiger partial charge in [0.1, 0.15) is 0 Å². The summed E-state index contributed by atoms with van der Waals surface area (Å²) in [4.78, 5) is 0. The van der Waals surface area contributed by atoms with Gasteiger partial charge in [0.05, 0.1) is 6.61 Å². The zero-order valence-corrected chi connectivity index (χ0v) is 8.70. The van der Waals surface area contributed by atoms with Gasteiger partial charge in [-0.3, -0.25) is 0 Å². The first-order valence-electron chi connectivity index (χ1n) is 4.80. The first-order chi connectivity index (χ1) is 6.70. The number of likely N-dealkylation sites (N-methyl/N-ethyl adjacent to an activating group) is 1. The molecule has 78 valence electrons. The van der Waals surface area contributed by atoms with E-state index in [1.807, 2.05) is 38.2 Å². The molecule has 0 aromatic heterocycles. The molecular formula is C11H18N2O. The number of aliphatic hydroxyl groups excluding tert-OH is 1. The van der Waals surface area contributed by atoms with Gasteiger partial charge in [0.15, 0.2) is 0 Å². The van der Waals surface area contributed by atoms with Gasteiger partial charge in [0.25, 0.3) is 0 Å². The SMILES string of the molecule is CNC(c1ccccc1C)C(N)CO. The predicted octanol–water partition coefficient (Wildman–Crippen LogP) is 0.575. The molecule has 3 heteroatoms. The van der Waals surface area contributed by atoms with Crippen molar-refractivity contribution in [3.63, 3.8) is 0 Å². The number of nitrogens with one attached hydrogen (secondary N) is 1. The van der Waals surface area contributed by atoms with Crippen LogP contribution in [0.15, 0.2) is 24.3 Å². The van der Waals surface area contributed by atoms with E-state index in [0.717, 1.165) is 5.56 Å².